The number of rotatable bonds is 4. The predicted molar refractivity (Wildman–Crippen MR) is 91.1 cm³/mol. The van der Waals surface area contributed by atoms with E-state index in [0.717, 1.165) is 37.2 Å². The van der Waals surface area contributed by atoms with Gasteiger partial charge in [0.15, 0.2) is 5.82 Å². The second-order valence-corrected chi connectivity index (χ2v) is 6.45. The van der Waals surface area contributed by atoms with Gasteiger partial charge in [-0.3, -0.25) is 9.89 Å². The van der Waals surface area contributed by atoms with Gasteiger partial charge in [-0.15, -0.1) is 0 Å². The predicted octanol–water partition coefficient (Wildman–Crippen LogP) is 3.07. The first-order chi connectivity index (χ1) is 11.6. The molecule has 0 radical (unpaired) electrons. The molecule has 0 spiro atoms. The lowest BCUT2D eigenvalue weighted by molar-refractivity contribution is -0.134. The number of H-pyrrole nitrogens is 1. The molecule has 2 heterocycles. The van der Waals surface area contributed by atoms with Gasteiger partial charge in [0.2, 0.25) is 5.91 Å². The van der Waals surface area contributed by atoms with E-state index in [1.54, 1.807) is 25.3 Å². The molecule has 0 aliphatic carbocycles. The summed E-state index contributed by atoms with van der Waals surface area (Å²) in [6.45, 7) is 2.59. The standard InChI is InChI=1S/C17H21ClN4O2/c1-11-19-17(21-20-11)14-5-3-4-8-22(14)16(23)10-12-9-13(18)6-7-15(12)24-2/h6-7,9,14H,3-5,8,10H2,1-2H3,(H,19,20,21). The molecule has 7 heteroatoms. The summed E-state index contributed by atoms with van der Waals surface area (Å²) in [5, 5.41) is 7.71. The van der Waals surface area contributed by atoms with Crippen LogP contribution in [0.2, 0.25) is 5.02 Å². The number of likely N-dealkylation sites (tertiary alicyclic amines) is 1. The highest BCUT2D eigenvalue weighted by Gasteiger charge is 2.31. The molecule has 0 bridgehead atoms. The number of hydrogen-bond acceptors (Lipinski definition) is 4. The minimum Gasteiger partial charge on any atom is -0.496 e. The van der Waals surface area contributed by atoms with Crippen LogP contribution in [0.25, 0.3) is 0 Å². The monoisotopic (exact) mass is 348 g/mol. The smallest absolute Gasteiger partial charge is 0.227 e. The van der Waals surface area contributed by atoms with E-state index in [4.69, 9.17) is 16.3 Å². The van der Waals surface area contributed by atoms with Crippen molar-refractivity contribution in [3.8, 4) is 5.75 Å². The first-order valence-corrected chi connectivity index (χ1v) is 8.47. The first kappa shape index (κ1) is 16.8. The lowest BCUT2D eigenvalue weighted by atomic mass is 10.00. The summed E-state index contributed by atoms with van der Waals surface area (Å²) in [4.78, 5) is 19.2. The van der Waals surface area contributed by atoms with Crippen molar-refractivity contribution < 1.29 is 9.53 Å². The number of methoxy groups -OCH3 is 1. The molecular weight excluding hydrogens is 328 g/mol. The van der Waals surface area contributed by atoms with Crippen LogP contribution in [-0.4, -0.2) is 39.6 Å². The minimum atomic E-state index is -0.0682. The molecule has 1 atom stereocenters. The van der Waals surface area contributed by atoms with Gasteiger partial charge in [0.1, 0.15) is 11.6 Å². The van der Waals surface area contributed by atoms with E-state index in [1.165, 1.54) is 0 Å². The quantitative estimate of drug-likeness (QED) is 0.921. The molecule has 1 aromatic carbocycles. The largest absolute Gasteiger partial charge is 0.496 e. The molecule has 2 aromatic rings. The number of hydrogen-bond donors (Lipinski definition) is 1. The summed E-state index contributed by atoms with van der Waals surface area (Å²) in [6, 6.07) is 5.27. The van der Waals surface area contributed by atoms with E-state index >= 15 is 0 Å². The molecule has 1 fully saturated rings. The molecular formula is C17H21ClN4O2. The van der Waals surface area contributed by atoms with E-state index in [1.807, 2.05) is 11.8 Å². The maximum Gasteiger partial charge on any atom is 0.227 e. The zero-order valence-electron chi connectivity index (χ0n) is 13.9. The molecule has 128 valence electrons. The Balaban J connectivity index is 1.81. The van der Waals surface area contributed by atoms with Gasteiger partial charge < -0.3 is 9.64 Å². The van der Waals surface area contributed by atoms with Crippen molar-refractivity contribution in [1.29, 1.82) is 0 Å². The zero-order chi connectivity index (χ0) is 17.1. The topological polar surface area (TPSA) is 71.1 Å². The molecule has 24 heavy (non-hydrogen) atoms. The Labute approximate surface area is 146 Å². The Kier molecular flexibility index (Phi) is 5.04. The number of aromatic nitrogens is 3. The van der Waals surface area contributed by atoms with Crippen molar-refractivity contribution in [1.82, 2.24) is 20.1 Å². The normalized spacial score (nSPS) is 17.8. The van der Waals surface area contributed by atoms with Crippen LogP contribution in [0, 0.1) is 6.92 Å². The number of amides is 1. The Morgan fingerprint density at radius 1 is 1.46 bits per heavy atom. The summed E-state index contributed by atoms with van der Waals surface area (Å²) >= 11 is 6.07. The molecule has 1 N–H and O–H groups in total. The van der Waals surface area contributed by atoms with Gasteiger partial charge in [0.25, 0.3) is 0 Å². The van der Waals surface area contributed by atoms with Gasteiger partial charge in [-0.05, 0) is 44.4 Å². The SMILES string of the molecule is COc1ccc(Cl)cc1CC(=O)N1CCCCC1c1n[nH]c(C)n1. The Hall–Kier alpha value is -2.08. The fourth-order valence-electron chi connectivity index (χ4n) is 3.16. The van der Waals surface area contributed by atoms with Gasteiger partial charge in [0, 0.05) is 17.1 Å². The highest BCUT2D eigenvalue weighted by atomic mass is 35.5. The van der Waals surface area contributed by atoms with E-state index < -0.39 is 0 Å². The fourth-order valence-corrected chi connectivity index (χ4v) is 3.35. The minimum absolute atomic E-state index is 0.0442. The number of halogens is 1. The highest BCUT2D eigenvalue weighted by Crippen LogP contribution is 2.30. The second kappa shape index (κ2) is 7.21. The number of aromatic amines is 1. The first-order valence-electron chi connectivity index (χ1n) is 8.09. The van der Waals surface area contributed by atoms with Gasteiger partial charge in [-0.2, -0.15) is 5.10 Å². The lowest BCUT2D eigenvalue weighted by Crippen LogP contribution is -2.40. The van der Waals surface area contributed by atoms with E-state index in [-0.39, 0.29) is 18.4 Å². The summed E-state index contributed by atoms with van der Waals surface area (Å²) < 4.78 is 5.34. The van der Waals surface area contributed by atoms with Crippen LogP contribution in [0.4, 0.5) is 0 Å². The van der Waals surface area contributed by atoms with Crippen molar-refractivity contribution in [2.24, 2.45) is 0 Å². The molecule has 3 rings (SSSR count). The number of nitrogens with zero attached hydrogens (tertiary/aromatic N) is 3. The van der Waals surface area contributed by atoms with Crippen LogP contribution < -0.4 is 4.74 Å². The van der Waals surface area contributed by atoms with Crippen molar-refractivity contribution in [3.05, 3.63) is 40.4 Å². The van der Waals surface area contributed by atoms with E-state index in [9.17, 15) is 4.79 Å². The number of carbonyl (C=O) groups excluding carboxylic acids is 1. The summed E-state index contributed by atoms with van der Waals surface area (Å²) in [5.74, 6) is 2.18. The number of piperidine rings is 1. The average molecular weight is 349 g/mol. The van der Waals surface area contributed by atoms with Gasteiger partial charge >= 0.3 is 0 Å². The van der Waals surface area contributed by atoms with Gasteiger partial charge in [-0.25, -0.2) is 4.98 Å². The molecule has 1 aliphatic heterocycles. The van der Waals surface area contributed by atoms with Gasteiger partial charge in [-0.1, -0.05) is 11.6 Å². The van der Waals surface area contributed by atoms with Crippen molar-refractivity contribution in [3.63, 3.8) is 0 Å². The second-order valence-electron chi connectivity index (χ2n) is 6.01. The van der Waals surface area contributed by atoms with Crippen LogP contribution in [0.3, 0.4) is 0 Å². The molecule has 1 aliphatic rings. The zero-order valence-corrected chi connectivity index (χ0v) is 14.6. The maximum absolute atomic E-state index is 12.9. The van der Waals surface area contributed by atoms with Crippen LogP contribution in [0.1, 0.15) is 42.5 Å². The molecule has 1 amide bonds. The number of benzene rings is 1. The Morgan fingerprint density at radius 3 is 3.00 bits per heavy atom. The van der Waals surface area contributed by atoms with Crippen LogP contribution >= 0.6 is 11.6 Å². The molecule has 1 aromatic heterocycles. The van der Waals surface area contributed by atoms with Crippen LogP contribution in [0.5, 0.6) is 5.75 Å². The lowest BCUT2D eigenvalue weighted by Gasteiger charge is -2.34. The number of carbonyl (C=O) groups is 1. The van der Waals surface area contributed by atoms with E-state index in [0.29, 0.717) is 16.6 Å². The Morgan fingerprint density at radius 2 is 2.29 bits per heavy atom. The van der Waals surface area contributed by atoms with Crippen molar-refractivity contribution in [2.75, 3.05) is 13.7 Å². The fraction of sp³-hybridized carbons (Fsp3) is 0.471. The van der Waals surface area contributed by atoms with E-state index in [2.05, 4.69) is 15.2 Å². The average Bonchev–Trinajstić information content (AvgIpc) is 3.01. The summed E-state index contributed by atoms with van der Waals surface area (Å²) in [7, 11) is 1.59. The third kappa shape index (κ3) is 3.53. The summed E-state index contributed by atoms with van der Waals surface area (Å²) in [5.41, 5.74) is 0.797. The highest BCUT2D eigenvalue weighted by molar-refractivity contribution is 6.30. The third-order valence-corrected chi connectivity index (χ3v) is 4.55. The number of aryl methyl sites for hydroxylation is 1. The van der Waals surface area contributed by atoms with Crippen molar-refractivity contribution >= 4 is 17.5 Å². The van der Waals surface area contributed by atoms with Gasteiger partial charge in [0.05, 0.1) is 19.6 Å². The summed E-state index contributed by atoms with van der Waals surface area (Å²) in [6.07, 6.45) is 3.21. The number of ether oxygens (including phenoxy) is 1. The van der Waals surface area contributed by atoms with Crippen molar-refractivity contribution in [2.45, 2.75) is 38.6 Å². The molecule has 6 nitrogen and oxygen atoms in total. The molecule has 0 saturated carbocycles. The number of nitrogens with one attached hydrogen (secondary N) is 1. The van der Waals surface area contributed by atoms with Crippen LogP contribution in [0.15, 0.2) is 18.2 Å². The molecule has 1 unspecified atom stereocenters. The third-order valence-electron chi connectivity index (χ3n) is 4.32. The maximum atomic E-state index is 12.9. The Bertz CT molecular complexity index is 731. The molecule has 1 saturated heterocycles. The van der Waals surface area contributed by atoms with Crippen LogP contribution in [-0.2, 0) is 11.2 Å².